The predicted molar refractivity (Wildman–Crippen MR) is 104 cm³/mol. The second-order valence-electron chi connectivity index (χ2n) is 6.67. The third-order valence-corrected chi connectivity index (χ3v) is 5.74. The normalized spacial score (nSPS) is 15.6. The van der Waals surface area contributed by atoms with Crippen LogP contribution in [0.4, 0.5) is 16.2 Å². The largest absolute Gasteiger partial charge is 0.450 e. The van der Waals surface area contributed by atoms with Crippen LogP contribution in [-0.2, 0) is 14.8 Å². The molecule has 2 rings (SSSR count). The highest BCUT2D eigenvalue weighted by Gasteiger charge is 2.19. The number of carbonyl (C=O) groups excluding carboxylic acids is 1. The average Bonchev–Trinajstić information content (AvgIpc) is 2.59. The first-order valence-corrected chi connectivity index (χ1v) is 10.9. The molecule has 0 unspecified atom stereocenters. The van der Waals surface area contributed by atoms with Crippen LogP contribution in [0, 0.1) is 5.92 Å². The van der Waals surface area contributed by atoms with Gasteiger partial charge in [0.05, 0.1) is 25.1 Å². The molecule has 1 aromatic rings. The summed E-state index contributed by atoms with van der Waals surface area (Å²) < 4.78 is 30.3. The second kappa shape index (κ2) is 9.12. The van der Waals surface area contributed by atoms with Crippen LogP contribution in [0.25, 0.3) is 0 Å². The smallest absolute Gasteiger partial charge is 0.407 e. The SMILES string of the molecule is CCOC(=O)NCCN(c1ccc(N2CCC(C)CC2)cc1)S(C)(=O)=O. The predicted octanol–water partition coefficient (Wildman–Crippen LogP) is 2.44. The summed E-state index contributed by atoms with van der Waals surface area (Å²) in [4.78, 5) is 13.7. The van der Waals surface area contributed by atoms with Crippen LogP contribution in [-0.4, -0.2) is 53.6 Å². The fraction of sp³-hybridized carbons (Fsp3) is 0.611. The van der Waals surface area contributed by atoms with Gasteiger partial charge in [-0.1, -0.05) is 6.92 Å². The summed E-state index contributed by atoms with van der Waals surface area (Å²) in [6.07, 6.45) is 2.97. The van der Waals surface area contributed by atoms with Gasteiger partial charge in [-0.2, -0.15) is 0 Å². The molecule has 1 aliphatic heterocycles. The fourth-order valence-corrected chi connectivity index (χ4v) is 3.95. The van der Waals surface area contributed by atoms with E-state index in [0.717, 1.165) is 31.0 Å². The molecule has 0 spiro atoms. The van der Waals surface area contributed by atoms with Crippen LogP contribution in [0.15, 0.2) is 24.3 Å². The van der Waals surface area contributed by atoms with Gasteiger partial charge in [-0.15, -0.1) is 0 Å². The van der Waals surface area contributed by atoms with Crippen molar-refractivity contribution in [2.75, 3.05) is 48.2 Å². The van der Waals surface area contributed by atoms with Gasteiger partial charge >= 0.3 is 6.09 Å². The Morgan fingerprint density at radius 2 is 1.88 bits per heavy atom. The van der Waals surface area contributed by atoms with Gasteiger partial charge in [-0.3, -0.25) is 4.31 Å². The molecule has 1 aliphatic rings. The van der Waals surface area contributed by atoms with Gasteiger partial charge in [0.25, 0.3) is 0 Å². The summed E-state index contributed by atoms with van der Waals surface area (Å²) in [6, 6.07) is 7.56. The number of nitrogens with zero attached hydrogens (tertiary/aromatic N) is 2. The molecule has 1 N–H and O–H groups in total. The number of piperidine rings is 1. The third kappa shape index (κ3) is 5.79. The molecule has 0 atom stereocenters. The molecule has 1 aromatic carbocycles. The van der Waals surface area contributed by atoms with Gasteiger partial charge in [-0.25, -0.2) is 13.2 Å². The number of ether oxygens (including phenoxy) is 1. The number of rotatable bonds is 7. The number of hydrogen-bond acceptors (Lipinski definition) is 5. The van der Waals surface area contributed by atoms with E-state index in [1.807, 2.05) is 24.3 Å². The Hall–Kier alpha value is -1.96. The second-order valence-corrected chi connectivity index (χ2v) is 8.58. The first-order valence-electron chi connectivity index (χ1n) is 9.04. The molecule has 8 heteroatoms. The van der Waals surface area contributed by atoms with E-state index in [-0.39, 0.29) is 19.7 Å². The lowest BCUT2D eigenvalue weighted by molar-refractivity contribution is 0.152. The van der Waals surface area contributed by atoms with Crippen LogP contribution in [0.2, 0.25) is 0 Å². The number of nitrogens with one attached hydrogen (secondary N) is 1. The summed E-state index contributed by atoms with van der Waals surface area (Å²) in [5.74, 6) is 0.762. The molecule has 0 aromatic heterocycles. The van der Waals surface area contributed by atoms with Crippen LogP contribution in [0.1, 0.15) is 26.7 Å². The van der Waals surface area contributed by atoms with Crippen LogP contribution in [0.3, 0.4) is 0 Å². The van der Waals surface area contributed by atoms with Crippen molar-refractivity contribution >= 4 is 27.5 Å². The highest BCUT2D eigenvalue weighted by Crippen LogP contribution is 2.26. The van der Waals surface area contributed by atoms with E-state index in [2.05, 4.69) is 17.1 Å². The number of hydrogen-bond donors (Lipinski definition) is 1. The highest BCUT2D eigenvalue weighted by atomic mass is 32.2. The van der Waals surface area contributed by atoms with Crippen LogP contribution >= 0.6 is 0 Å². The number of amides is 1. The molecule has 1 amide bonds. The van der Waals surface area contributed by atoms with E-state index in [1.54, 1.807) is 6.92 Å². The molecule has 26 heavy (non-hydrogen) atoms. The Balaban J connectivity index is 2.02. The summed E-state index contributed by atoms with van der Waals surface area (Å²) in [5, 5.41) is 2.55. The van der Waals surface area contributed by atoms with E-state index < -0.39 is 16.1 Å². The van der Waals surface area contributed by atoms with Gasteiger partial charge in [-0.05, 0) is 49.9 Å². The molecular weight excluding hydrogens is 354 g/mol. The number of sulfonamides is 1. The van der Waals surface area contributed by atoms with Crippen LogP contribution < -0.4 is 14.5 Å². The minimum Gasteiger partial charge on any atom is -0.450 e. The molecular formula is C18H29N3O4S. The first kappa shape index (κ1) is 20.4. The van der Waals surface area contributed by atoms with Crippen molar-refractivity contribution in [1.29, 1.82) is 0 Å². The maximum atomic E-state index is 12.1. The van der Waals surface area contributed by atoms with Crippen molar-refractivity contribution in [2.45, 2.75) is 26.7 Å². The number of anilines is 2. The van der Waals surface area contributed by atoms with Crippen LogP contribution in [0.5, 0.6) is 0 Å². The topological polar surface area (TPSA) is 79.0 Å². The van der Waals surface area contributed by atoms with E-state index in [9.17, 15) is 13.2 Å². The Morgan fingerprint density at radius 3 is 2.42 bits per heavy atom. The van der Waals surface area contributed by atoms with Gasteiger partial charge in [0.1, 0.15) is 0 Å². The average molecular weight is 384 g/mol. The lowest BCUT2D eigenvalue weighted by atomic mass is 9.99. The lowest BCUT2D eigenvalue weighted by Gasteiger charge is -2.32. The van der Waals surface area contributed by atoms with E-state index >= 15 is 0 Å². The molecule has 0 aliphatic carbocycles. The zero-order chi connectivity index (χ0) is 19.2. The Labute approximate surface area is 156 Å². The van der Waals surface area contributed by atoms with E-state index in [1.165, 1.54) is 17.1 Å². The van der Waals surface area contributed by atoms with Crippen molar-refractivity contribution < 1.29 is 17.9 Å². The summed E-state index contributed by atoms with van der Waals surface area (Å²) >= 11 is 0. The monoisotopic (exact) mass is 383 g/mol. The van der Waals surface area contributed by atoms with E-state index in [0.29, 0.717) is 5.69 Å². The number of benzene rings is 1. The standard InChI is InChI=1S/C18H29N3O4S/c1-4-25-18(22)19-11-14-21(26(3,23)24)17-7-5-16(6-8-17)20-12-9-15(2)10-13-20/h5-8,15H,4,9-14H2,1-3H3,(H,19,22). The van der Waals surface area contributed by atoms with Crippen molar-refractivity contribution in [3.63, 3.8) is 0 Å². The molecule has 7 nitrogen and oxygen atoms in total. The Bertz CT molecular complexity index is 683. The Kier molecular flexibility index (Phi) is 7.14. The number of alkyl carbamates (subject to hydrolysis) is 1. The third-order valence-electron chi connectivity index (χ3n) is 4.55. The molecule has 0 saturated carbocycles. The van der Waals surface area contributed by atoms with Crippen molar-refractivity contribution in [1.82, 2.24) is 5.32 Å². The van der Waals surface area contributed by atoms with Gasteiger partial charge < -0.3 is 15.0 Å². The minimum atomic E-state index is -3.45. The Morgan fingerprint density at radius 1 is 1.27 bits per heavy atom. The maximum absolute atomic E-state index is 12.1. The minimum absolute atomic E-state index is 0.151. The van der Waals surface area contributed by atoms with Crippen molar-refractivity contribution in [3.8, 4) is 0 Å². The lowest BCUT2D eigenvalue weighted by Crippen LogP contribution is -2.38. The zero-order valence-electron chi connectivity index (χ0n) is 15.8. The highest BCUT2D eigenvalue weighted by molar-refractivity contribution is 7.92. The van der Waals surface area contributed by atoms with Gasteiger partial charge in [0.2, 0.25) is 10.0 Å². The fourth-order valence-electron chi connectivity index (χ4n) is 3.02. The molecule has 1 heterocycles. The first-order chi connectivity index (χ1) is 12.3. The summed E-state index contributed by atoms with van der Waals surface area (Å²) in [7, 11) is -3.45. The molecule has 0 bridgehead atoms. The molecule has 0 radical (unpaired) electrons. The maximum Gasteiger partial charge on any atom is 0.407 e. The zero-order valence-corrected chi connectivity index (χ0v) is 16.6. The van der Waals surface area contributed by atoms with Crippen molar-refractivity contribution in [3.05, 3.63) is 24.3 Å². The summed E-state index contributed by atoms with van der Waals surface area (Å²) in [6.45, 7) is 6.65. The van der Waals surface area contributed by atoms with Gasteiger partial charge in [0.15, 0.2) is 0 Å². The molecule has 1 saturated heterocycles. The molecule has 146 valence electrons. The molecule has 1 fully saturated rings. The van der Waals surface area contributed by atoms with Gasteiger partial charge in [0, 0.05) is 25.3 Å². The number of carbonyl (C=O) groups is 1. The van der Waals surface area contributed by atoms with Crippen molar-refractivity contribution in [2.24, 2.45) is 5.92 Å². The van der Waals surface area contributed by atoms with E-state index in [4.69, 9.17) is 4.74 Å². The quantitative estimate of drug-likeness (QED) is 0.782. The summed E-state index contributed by atoms with van der Waals surface area (Å²) in [5.41, 5.74) is 1.70.